The lowest BCUT2D eigenvalue weighted by Gasteiger charge is -2.08. The monoisotopic (exact) mass is 273 g/mol. The molecule has 0 fully saturated rings. The first-order valence-electron chi connectivity index (χ1n) is 7.63. The molecule has 0 saturated carbocycles. The third-order valence-corrected chi connectivity index (χ3v) is 4.14. The van der Waals surface area contributed by atoms with E-state index in [2.05, 4.69) is 33.4 Å². The van der Waals surface area contributed by atoms with E-state index in [4.69, 9.17) is 0 Å². The Morgan fingerprint density at radius 2 is 2.25 bits per heavy atom. The van der Waals surface area contributed by atoms with E-state index < -0.39 is 0 Å². The van der Waals surface area contributed by atoms with Crippen molar-refractivity contribution in [3.8, 4) is 0 Å². The van der Waals surface area contributed by atoms with Crippen molar-refractivity contribution in [3.63, 3.8) is 0 Å². The minimum atomic E-state index is -0.283. The third-order valence-electron chi connectivity index (χ3n) is 4.14. The fourth-order valence-electron chi connectivity index (χ4n) is 3.09. The number of hydrogen-bond acceptors (Lipinski definition) is 2. The molecule has 0 bridgehead atoms. The summed E-state index contributed by atoms with van der Waals surface area (Å²) >= 11 is 0. The molecule has 1 unspecified atom stereocenters. The Balaban J connectivity index is 1.81. The van der Waals surface area contributed by atoms with Crippen LogP contribution < -0.4 is 0 Å². The van der Waals surface area contributed by atoms with Gasteiger partial charge in [-0.15, -0.1) is 0 Å². The van der Waals surface area contributed by atoms with Gasteiger partial charge in [0.25, 0.3) is 0 Å². The van der Waals surface area contributed by atoms with Crippen molar-refractivity contribution in [2.45, 2.75) is 58.2 Å². The molecule has 20 heavy (non-hydrogen) atoms. The van der Waals surface area contributed by atoms with Crippen molar-refractivity contribution in [1.82, 2.24) is 14.1 Å². The van der Waals surface area contributed by atoms with E-state index in [1.54, 1.807) is 0 Å². The van der Waals surface area contributed by atoms with Crippen LogP contribution in [-0.2, 0) is 19.5 Å². The number of hydrogen-bond donors (Lipinski definition) is 1. The van der Waals surface area contributed by atoms with Gasteiger partial charge in [-0.05, 0) is 31.2 Å². The Morgan fingerprint density at radius 3 is 3.10 bits per heavy atom. The molecule has 1 aliphatic rings. The van der Waals surface area contributed by atoms with Gasteiger partial charge in [-0.1, -0.05) is 13.3 Å². The molecule has 1 N–H and O–H groups in total. The number of fused-ring (bicyclic) bond motifs is 1. The Kier molecular flexibility index (Phi) is 3.92. The average molecular weight is 273 g/mol. The van der Waals surface area contributed by atoms with Crippen LogP contribution in [0.2, 0.25) is 0 Å². The molecule has 0 spiro atoms. The number of imidazole rings is 1. The first-order valence-corrected chi connectivity index (χ1v) is 7.63. The van der Waals surface area contributed by atoms with Crippen molar-refractivity contribution in [3.05, 3.63) is 41.7 Å². The van der Waals surface area contributed by atoms with Gasteiger partial charge >= 0.3 is 0 Å². The molecule has 0 amide bonds. The highest BCUT2D eigenvalue weighted by atomic mass is 16.3. The molecule has 2 heterocycles. The number of aliphatic hydroxyl groups is 1. The summed E-state index contributed by atoms with van der Waals surface area (Å²) in [5.74, 6) is 0. The molecule has 1 atom stereocenters. The van der Waals surface area contributed by atoms with Gasteiger partial charge in [-0.25, -0.2) is 4.98 Å². The second-order valence-electron chi connectivity index (χ2n) is 5.75. The lowest BCUT2D eigenvalue weighted by molar-refractivity contribution is 0.166. The number of aliphatic hydroxyl groups excluding tert-OH is 1. The molecular formula is C16H23N3O. The van der Waals surface area contributed by atoms with Gasteiger partial charge in [0.1, 0.15) is 0 Å². The van der Waals surface area contributed by atoms with Crippen LogP contribution in [0.3, 0.4) is 0 Å². The van der Waals surface area contributed by atoms with Crippen molar-refractivity contribution >= 4 is 0 Å². The van der Waals surface area contributed by atoms with Gasteiger partial charge in [0.05, 0.1) is 24.7 Å². The maximum Gasteiger partial charge on any atom is 0.0948 e. The topological polar surface area (TPSA) is 43.0 Å². The van der Waals surface area contributed by atoms with Gasteiger partial charge in [-0.3, -0.25) is 0 Å². The summed E-state index contributed by atoms with van der Waals surface area (Å²) in [6, 6.07) is 0. The van der Waals surface area contributed by atoms with Crippen molar-refractivity contribution in [2.75, 3.05) is 0 Å². The Labute approximate surface area is 120 Å². The SMILES string of the molecule is CCCn1cncc1Cn1cc2c(c1)C(O)CCCC2. The highest BCUT2D eigenvalue weighted by Crippen LogP contribution is 2.29. The zero-order valence-electron chi connectivity index (χ0n) is 12.1. The summed E-state index contributed by atoms with van der Waals surface area (Å²) < 4.78 is 4.41. The van der Waals surface area contributed by atoms with E-state index in [1.165, 1.54) is 17.7 Å². The molecule has 0 radical (unpaired) electrons. The van der Waals surface area contributed by atoms with Crippen molar-refractivity contribution in [2.24, 2.45) is 0 Å². The van der Waals surface area contributed by atoms with Gasteiger partial charge in [0.15, 0.2) is 0 Å². The molecule has 4 heteroatoms. The van der Waals surface area contributed by atoms with Crippen LogP contribution in [0, 0.1) is 0 Å². The predicted octanol–water partition coefficient (Wildman–Crippen LogP) is 2.90. The normalized spacial score (nSPS) is 18.8. The van der Waals surface area contributed by atoms with Crippen LogP contribution in [-0.4, -0.2) is 19.2 Å². The Hall–Kier alpha value is -1.55. The molecule has 0 aliphatic heterocycles. The van der Waals surface area contributed by atoms with E-state index in [1.807, 2.05) is 12.5 Å². The van der Waals surface area contributed by atoms with E-state index >= 15 is 0 Å². The molecule has 1 aliphatic carbocycles. The first-order chi connectivity index (χ1) is 9.78. The van der Waals surface area contributed by atoms with E-state index in [0.29, 0.717) is 0 Å². The highest BCUT2D eigenvalue weighted by Gasteiger charge is 2.18. The number of rotatable bonds is 4. The summed E-state index contributed by atoms with van der Waals surface area (Å²) in [6.45, 7) is 4.02. The average Bonchev–Trinajstić information content (AvgIpc) is 2.99. The minimum Gasteiger partial charge on any atom is -0.388 e. The molecule has 108 valence electrons. The van der Waals surface area contributed by atoms with Crippen LogP contribution in [0.15, 0.2) is 24.9 Å². The molecule has 2 aromatic heterocycles. The predicted molar refractivity (Wildman–Crippen MR) is 78.6 cm³/mol. The number of aromatic nitrogens is 3. The van der Waals surface area contributed by atoms with E-state index in [9.17, 15) is 5.11 Å². The van der Waals surface area contributed by atoms with Crippen LogP contribution in [0.25, 0.3) is 0 Å². The van der Waals surface area contributed by atoms with Gasteiger partial charge < -0.3 is 14.2 Å². The standard InChI is InChI=1S/C16H23N3O/c1-2-7-19-12-17-8-14(19)10-18-9-13-5-3-4-6-16(20)15(13)11-18/h8-9,11-12,16,20H,2-7,10H2,1H3. The van der Waals surface area contributed by atoms with Crippen molar-refractivity contribution in [1.29, 1.82) is 0 Å². The number of aryl methyl sites for hydroxylation is 2. The highest BCUT2D eigenvalue weighted by molar-refractivity contribution is 5.28. The summed E-state index contributed by atoms with van der Waals surface area (Å²) in [5, 5.41) is 10.2. The summed E-state index contributed by atoms with van der Waals surface area (Å²) in [7, 11) is 0. The molecule has 0 aromatic carbocycles. The van der Waals surface area contributed by atoms with Gasteiger partial charge in [0.2, 0.25) is 0 Å². The summed E-state index contributed by atoms with van der Waals surface area (Å²) in [4.78, 5) is 4.25. The van der Waals surface area contributed by atoms with Crippen LogP contribution in [0.4, 0.5) is 0 Å². The molecule has 2 aromatic rings. The van der Waals surface area contributed by atoms with E-state index in [0.717, 1.165) is 44.3 Å². The van der Waals surface area contributed by atoms with Crippen LogP contribution in [0.1, 0.15) is 55.5 Å². The Bertz CT molecular complexity index is 570. The van der Waals surface area contributed by atoms with E-state index in [-0.39, 0.29) is 6.10 Å². The second-order valence-corrected chi connectivity index (χ2v) is 5.75. The van der Waals surface area contributed by atoms with Crippen molar-refractivity contribution < 1.29 is 5.11 Å². The molecule has 3 rings (SSSR count). The number of nitrogens with zero attached hydrogens (tertiary/aromatic N) is 3. The van der Waals surface area contributed by atoms with Gasteiger partial charge in [0, 0.05) is 30.7 Å². The van der Waals surface area contributed by atoms with Crippen LogP contribution in [0.5, 0.6) is 0 Å². The largest absolute Gasteiger partial charge is 0.388 e. The lowest BCUT2D eigenvalue weighted by atomic mass is 10.1. The smallest absolute Gasteiger partial charge is 0.0948 e. The zero-order chi connectivity index (χ0) is 13.9. The maximum atomic E-state index is 10.2. The fraction of sp³-hybridized carbons (Fsp3) is 0.562. The van der Waals surface area contributed by atoms with Crippen LogP contribution >= 0.6 is 0 Å². The third kappa shape index (κ3) is 2.66. The lowest BCUT2D eigenvalue weighted by Crippen LogP contribution is -2.05. The summed E-state index contributed by atoms with van der Waals surface area (Å²) in [6.07, 6.45) is 13.3. The molecular weight excluding hydrogens is 250 g/mol. The maximum absolute atomic E-state index is 10.2. The summed E-state index contributed by atoms with van der Waals surface area (Å²) in [5.41, 5.74) is 3.67. The first kappa shape index (κ1) is 13.4. The fourth-order valence-corrected chi connectivity index (χ4v) is 3.09. The Morgan fingerprint density at radius 1 is 1.35 bits per heavy atom. The second kappa shape index (κ2) is 5.83. The zero-order valence-corrected chi connectivity index (χ0v) is 12.1. The molecule has 4 nitrogen and oxygen atoms in total. The quantitative estimate of drug-likeness (QED) is 0.870. The van der Waals surface area contributed by atoms with Gasteiger partial charge in [-0.2, -0.15) is 0 Å². The minimum absolute atomic E-state index is 0.283. The molecule has 0 saturated heterocycles.